The van der Waals surface area contributed by atoms with Gasteiger partial charge in [0.1, 0.15) is 5.75 Å². The summed E-state index contributed by atoms with van der Waals surface area (Å²) in [6, 6.07) is 13.3. The molecule has 26 heavy (non-hydrogen) atoms. The third-order valence-electron chi connectivity index (χ3n) is 3.84. The first-order valence-electron chi connectivity index (χ1n) is 8.49. The molecule has 2 rings (SSSR count). The monoisotopic (exact) mass is 372 g/mol. The third kappa shape index (κ3) is 5.74. The minimum Gasteiger partial charge on any atom is -0.497 e. The van der Waals surface area contributed by atoms with Gasteiger partial charge in [-0.05, 0) is 73.9 Å². The molecule has 0 amide bonds. The molecule has 2 N–H and O–H groups in total. The summed E-state index contributed by atoms with van der Waals surface area (Å²) >= 11 is 5.34. The van der Waals surface area contributed by atoms with Crippen molar-refractivity contribution >= 4 is 29.0 Å². The SMILES string of the molecule is CCOC(=O)c1ccc(NC(=S)NCCc2ccc(OC)cc2)c(C)c1. The van der Waals surface area contributed by atoms with Crippen LogP contribution in [-0.4, -0.2) is 31.3 Å². The van der Waals surface area contributed by atoms with Gasteiger partial charge in [0.2, 0.25) is 0 Å². The molecule has 6 heteroatoms. The standard InChI is InChI=1S/C20H24N2O3S/c1-4-25-19(23)16-7-10-18(14(2)13-16)22-20(26)21-12-11-15-5-8-17(24-3)9-6-15/h5-10,13H,4,11-12H2,1-3H3,(H2,21,22,26). The minimum atomic E-state index is -0.317. The largest absolute Gasteiger partial charge is 0.497 e. The Morgan fingerprint density at radius 2 is 1.88 bits per heavy atom. The second-order valence-electron chi connectivity index (χ2n) is 5.73. The Kier molecular flexibility index (Phi) is 7.41. The number of hydrogen-bond acceptors (Lipinski definition) is 4. The van der Waals surface area contributed by atoms with Crippen molar-refractivity contribution < 1.29 is 14.3 Å². The summed E-state index contributed by atoms with van der Waals surface area (Å²) in [4.78, 5) is 11.8. The lowest BCUT2D eigenvalue weighted by molar-refractivity contribution is 0.0526. The summed E-state index contributed by atoms with van der Waals surface area (Å²) in [7, 11) is 1.65. The van der Waals surface area contributed by atoms with Crippen molar-refractivity contribution in [3.05, 3.63) is 59.2 Å². The Hall–Kier alpha value is -2.60. The van der Waals surface area contributed by atoms with Crippen LogP contribution in [0.25, 0.3) is 0 Å². The van der Waals surface area contributed by atoms with E-state index < -0.39 is 0 Å². The van der Waals surface area contributed by atoms with E-state index in [0.29, 0.717) is 17.3 Å². The van der Waals surface area contributed by atoms with E-state index in [9.17, 15) is 4.79 Å². The Bertz CT molecular complexity index is 760. The summed E-state index contributed by atoms with van der Waals surface area (Å²) in [5.41, 5.74) is 3.53. The van der Waals surface area contributed by atoms with Gasteiger partial charge in [-0.15, -0.1) is 0 Å². The highest BCUT2D eigenvalue weighted by atomic mass is 32.1. The van der Waals surface area contributed by atoms with Crippen LogP contribution in [0, 0.1) is 6.92 Å². The van der Waals surface area contributed by atoms with Crippen molar-refractivity contribution in [1.29, 1.82) is 0 Å². The van der Waals surface area contributed by atoms with E-state index in [1.54, 1.807) is 26.2 Å². The van der Waals surface area contributed by atoms with Crippen LogP contribution >= 0.6 is 12.2 Å². The Morgan fingerprint density at radius 1 is 1.15 bits per heavy atom. The lowest BCUT2D eigenvalue weighted by Gasteiger charge is -2.13. The van der Waals surface area contributed by atoms with E-state index in [1.807, 2.05) is 37.3 Å². The fourth-order valence-corrected chi connectivity index (χ4v) is 2.64. The molecular weight excluding hydrogens is 348 g/mol. The van der Waals surface area contributed by atoms with E-state index in [0.717, 1.165) is 30.0 Å². The number of anilines is 1. The van der Waals surface area contributed by atoms with Gasteiger partial charge in [0, 0.05) is 12.2 Å². The van der Waals surface area contributed by atoms with Crippen LogP contribution in [0.2, 0.25) is 0 Å². The molecule has 0 aliphatic heterocycles. The van der Waals surface area contributed by atoms with Crippen LogP contribution in [0.3, 0.4) is 0 Å². The van der Waals surface area contributed by atoms with Crippen LogP contribution in [0.4, 0.5) is 5.69 Å². The smallest absolute Gasteiger partial charge is 0.338 e. The van der Waals surface area contributed by atoms with Crippen molar-refractivity contribution in [3.8, 4) is 5.75 Å². The van der Waals surface area contributed by atoms with E-state index in [-0.39, 0.29) is 5.97 Å². The topological polar surface area (TPSA) is 59.6 Å². The maximum Gasteiger partial charge on any atom is 0.338 e. The van der Waals surface area contributed by atoms with Crippen LogP contribution in [0.1, 0.15) is 28.4 Å². The molecule has 0 fully saturated rings. The highest BCUT2D eigenvalue weighted by Gasteiger charge is 2.09. The molecule has 138 valence electrons. The van der Waals surface area contributed by atoms with Gasteiger partial charge in [-0.25, -0.2) is 4.79 Å². The molecule has 5 nitrogen and oxygen atoms in total. The molecule has 2 aromatic carbocycles. The van der Waals surface area contributed by atoms with Crippen molar-refractivity contribution in [1.82, 2.24) is 5.32 Å². The fourth-order valence-electron chi connectivity index (χ4n) is 2.42. The molecule has 0 saturated carbocycles. The molecule has 0 atom stereocenters. The number of rotatable bonds is 7. The van der Waals surface area contributed by atoms with E-state index in [1.165, 1.54) is 5.56 Å². The first kappa shape index (κ1) is 19.7. The summed E-state index contributed by atoms with van der Waals surface area (Å²) in [6.07, 6.45) is 0.854. The number of hydrogen-bond donors (Lipinski definition) is 2. The maximum atomic E-state index is 11.8. The maximum absolute atomic E-state index is 11.8. The second-order valence-corrected chi connectivity index (χ2v) is 6.14. The lowest BCUT2D eigenvalue weighted by atomic mass is 10.1. The molecule has 0 saturated heterocycles. The quantitative estimate of drug-likeness (QED) is 0.571. The molecule has 0 unspecified atom stereocenters. The summed E-state index contributed by atoms with van der Waals surface area (Å²) < 4.78 is 10.2. The van der Waals surface area contributed by atoms with Gasteiger partial charge in [-0.2, -0.15) is 0 Å². The van der Waals surface area contributed by atoms with Crippen LogP contribution in [-0.2, 0) is 11.2 Å². The van der Waals surface area contributed by atoms with Gasteiger partial charge < -0.3 is 20.1 Å². The average Bonchev–Trinajstić information content (AvgIpc) is 2.64. The zero-order valence-corrected chi connectivity index (χ0v) is 16.1. The van der Waals surface area contributed by atoms with Crippen molar-refractivity contribution in [2.45, 2.75) is 20.3 Å². The van der Waals surface area contributed by atoms with Crippen molar-refractivity contribution in [3.63, 3.8) is 0 Å². The highest BCUT2D eigenvalue weighted by molar-refractivity contribution is 7.80. The molecule has 0 aliphatic rings. The second kappa shape index (κ2) is 9.77. The van der Waals surface area contributed by atoms with Gasteiger partial charge in [-0.3, -0.25) is 0 Å². The van der Waals surface area contributed by atoms with Gasteiger partial charge >= 0.3 is 5.97 Å². The number of carbonyl (C=O) groups excluding carboxylic acids is 1. The number of esters is 1. The van der Waals surface area contributed by atoms with Crippen molar-refractivity contribution in [2.24, 2.45) is 0 Å². The Balaban J connectivity index is 1.84. The van der Waals surface area contributed by atoms with Gasteiger partial charge in [0.05, 0.1) is 19.3 Å². The zero-order valence-electron chi connectivity index (χ0n) is 15.3. The first-order chi connectivity index (χ1) is 12.5. The summed E-state index contributed by atoms with van der Waals surface area (Å²) in [5.74, 6) is 0.531. The minimum absolute atomic E-state index is 0.317. The number of aryl methyl sites for hydroxylation is 1. The van der Waals surface area contributed by atoms with E-state index >= 15 is 0 Å². The number of carbonyl (C=O) groups is 1. The number of methoxy groups -OCH3 is 1. The Morgan fingerprint density at radius 3 is 2.50 bits per heavy atom. The number of benzene rings is 2. The molecule has 0 heterocycles. The van der Waals surface area contributed by atoms with Crippen molar-refractivity contribution in [2.75, 3.05) is 25.6 Å². The number of ether oxygens (including phenoxy) is 2. The predicted octanol–water partition coefficient (Wildman–Crippen LogP) is 3.71. The van der Waals surface area contributed by atoms with Gasteiger partial charge in [0.25, 0.3) is 0 Å². The summed E-state index contributed by atoms with van der Waals surface area (Å²) in [5, 5.41) is 6.90. The molecule has 0 radical (unpaired) electrons. The molecule has 2 aromatic rings. The number of nitrogens with one attached hydrogen (secondary N) is 2. The summed E-state index contributed by atoms with van der Waals surface area (Å²) in [6.45, 7) is 4.79. The number of thiocarbonyl (C=S) groups is 1. The van der Waals surface area contributed by atoms with Crippen LogP contribution < -0.4 is 15.4 Å². The van der Waals surface area contributed by atoms with E-state index in [4.69, 9.17) is 21.7 Å². The van der Waals surface area contributed by atoms with Crippen LogP contribution in [0.5, 0.6) is 5.75 Å². The Labute approximate surface area is 159 Å². The first-order valence-corrected chi connectivity index (χ1v) is 8.90. The average molecular weight is 372 g/mol. The molecular formula is C20H24N2O3S. The normalized spacial score (nSPS) is 10.1. The lowest BCUT2D eigenvalue weighted by Crippen LogP contribution is -2.30. The molecule has 0 bridgehead atoms. The van der Waals surface area contributed by atoms with Gasteiger partial charge in [0.15, 0.2) is 5.11 Å². The highest BCUT2D eigenvalue weighted by Crippen LogP contribution is 2.17. The van der Waals surface area contributed by atoms with Crippen LogP contribution in [0.15, 0.2) is 42.5 Å². The molecule has 0 spiro atoms. The predicted molar refractivity (Wildman–Crippen MR) is 108 cm³/mol. The molecule has 0 aromatic heterocycles. The fraction of sp³-hybridized carbons (Fsp3) is 0.300. The van der Waals surface area contributed by atoms with E-state index in [2.05, 4.69) is 10.6 Å². The third-order valence-corrected chi connectivity index (χ3v) is 4.09. The van der Waals surface area contributed by atoms with Gasteiger partial charge in [-0.1, -0.05) is 12.1 Å². The molecule has 0 aliphatic carbocycles. The zero-order chi connectivity index (χ0) is 18.9.